The van der Waals surface area contributed by atoms with E-state index in [1.165, 1.54) is 0 Å². The van der Waals surface area contributed by atoms with Gasteiger partial charge in [-0.25, -0.2) is 4.79 Å². The molecule has 0 aromatic heterocycles. The molecule has 0 bridgehead atoms. The van der Waals surface area contributed by atoms with Crippen molar-refractivity contribution in [2.75, 3.05) is 13.2 Å². The lowest BCUT2D eigenvalue weighted by molar-refractivity contribution is -0.143. The van der Waals surface area contributed by atoms with Crippen LogP contribution in [0.4, 0.5) is 0 Å². The molecule has 0 radical (unpaired) electrons. The monoisotopic (exact) mass is 346 g/mol. The fraction of sp³-hybridized carbons (Fsp3) is 0.800. The number of nitrogens with two attached hydrogens (primary N) is 2. The molecule has 8 N–H and O–H groups in total. The lowest BCUT2D eigenvalue weighted by Crippen LogP contribution is -2.56. The molecule has 9 heteroatoms. The van der Waals surface area contributed by atoms with Crippen molar-refractivity contribution < 1.29 is 24.6 Å². The number of aliphatic hydroxyl groups is 1. The Hall–Kier alpha value is -1.71. The molecular formula is C15H30N4O5. The molecule has 2 amide bonds. The molecule has 0 saturated heterocycles. The van der Waals surface area contributed by atoms with E-state index in [9.17, 15) is 19.5 Å². The number of rotatable bonds is 12. The number of unbranched alkanes of at least 4 members (excludes halogenated alkanes) is 1. The summed E-state index contributed by atoms with van der Waals surface area (Å²) in [7, 11) is 0. The van der Waals surface area contributed by atoms with E-state index in [-0.39, 0.29) is 5.92 Å². The van der Waals surface area contributed by atoms with E-state index >= 15 is 0 Å². The lowest BCUT2D eigenvalue weighted by Gasteiger charge is -2.25. The fourth-order valence-electron chi connectivity index (χ4n) is 2.06. The van der Waals surface area contributed by atoms with Gasteiger partial charge in [-0.1, -0.05) is 20.3 Å². The lowest BCUT2D eigenvalue weighted by atomic mass is 9.98. The first kappa shape index (κ1) is 22.3. The predicted molar refractivity (Wildman–Crippen MR) is 88.9 cm³/mol. The minimum atomic E-state index is -1.14. The first-order valence-corrected chi connectivity index (χ1v) is 8.18. The standard InChI is InChI=1S/C15H30N4O5/c1-3-9(2)12(15(23)24)19-14(22)11(6-4-5-7-16)18-13(21)10(17)8-20/h9-12,20H,3-8,16-17H2,1-2H3,(H,18,21)(H,19,22)(H,23,24)/t9-,10-,11-,12-/m0/s1. The molecule has 0 fully saturated rings. The number of aliphatic hydroxyl groups excluding tert-OH is 1. The Kier molecular flexibility index (Phi) is 10.9. The zero-order chi connectivity index (χ0) is 18.7. The maximum Gasteiger partial charge on any atom is 0.326 e. The van der Waals surface area contributed by atoms with Gasteiger partial charge in [0.2, 0.25) is 11.8 Å². The second kappa shape index (κ2) is 11.8. The summed E-state index contributed by atoms with van der Waals surface area (Å²) in [5.41, 5.74) is 10.9. The van der Waals surface area contributed by atoms with E-state index in [2.05, 4.69) is 10.6 Å². The highest BCUT2D eigenvalue weighted by Gasteiger charge is 2.30. The van der Waals surface area contributed by atoms with Crippen molar-refractivity contribution in [1.29, 1.82) is 0 Å². The molecular weight excluding hydrogens is 316 g/mol. The molecule has 24 heavy (non-hydrogen) atoms. The SMILES string of the molecule is CC[C@H](C)[C@H](NC(=O)[C@H](CCCCN)NC(=O)[C@@H](N)CO)C(=O)O. The Morgan fingerprint density at radius 3 is 2.21 bits per heavy atom. The molecule has 0 heterocycles. The number of aliphatic carboxylic acids is 1. The Balaban J connectivity index is 4.99. The van der Waals surface area contributed by atoms with Gasteiger partial charge in [-0.3, -0.25) is 9.59 Å². The van der Waals surface area contributed by atoms with Gasteiger partial charge in [-0.05, 0) is 31.7 Å². The zero-order valence-electron chi connectivity index (χ0n) is 14.3. The molecule has 0 aromatic carbocycles. The van der Waals surface area contributed by atoms with Gasteiger partial charge in [0.15, 0.2) is 0 Å². The van der Waals surface area contributed by atoms with Crippen molar-refractivity contribution >= 4 is 17.8 Å². The summed E-state index contributed by atoms with van der Waals surface area (Å²) in [6.07, 6.45) is 2.14. The van der Waals surface area contributed by atoms with E-state index in [1.54, 1.807) is 6.92 Å². The van der Waals surface area contributed by atoms with Gasteiger partial charge < -0.3 is 32.3 Å². The van der Waals surface area contributed by atoms with Crippen molar-refractivity contribution in [3.63, 3.8) is 0 Å². The summed E-state index contributed by atoms with van der Waals surface area (Å²) in [6, 6.07) is -3.10. The summed E-state index contributed by atoms with van der Waals surface area (Å²) in [5.74, 6) is -2.64. The molecule has 9 nitrogen and oxygen atoms in total. The third-order valence-electron chi connectivity index (χ3n) is 3.89. The topological polar surface area (TPSA) is 168 Å². The number of carboxylic acids is 1. The minimum absolute atomic E-state index is 0.258. The summed E-state index contributed by atoms with van der Waals surface area (Å²) in [4.78, 5) is 35.5. The Labute approximate surface area is 142 Å². The van der Waals surface area contributed by atoms with Crippen LogP contribution in [-0.2, 0) is 14.4 Å². The average molecular weight is 346 g/mol. The van der Waals surface area contributed by atoms with Crippen molar-refractivity contribution in [3.05, 3.63) is 0 Å². The van der Waals surface area contributed by atoms with Crippen LogP contribution in [0.15, 0.2) is 0 Å². The zero-order valence-corrected chi connectivity index (χ0v) is 14.3. The average Bonchev–Trinajstić information content (AvgIpc) is 2.56. The molecule has 0 aliphatic heterocycles. The molecule has 0 rings (SSSR count). The van der Waals surface area contributed by atoms with Crippen molar-refractivity contribution in [2.24, 2.45) is 17.4 Å². The molecule has 140 valence electrons. The predicted octanol–water partition coefficient (Wildman–Crippen LogP) is -1.46. The largest absolute Gasteiger partial charge is 0.480 e. The first-order chi connectivity index (χ1) is 11.3. The number of carboxylic acid groups (broad SMARTS) is 1. The van der Waals surface area contributed by atoms with Gasteiger partial charge in [-0.2, -0.15) is 0 Å². The first-order valence-electron chi connectivity index (χ1n) is 8.18. The van der Waals surface area contributed by atoms with E-state index in [0.717, 1.165) is 0 Å². The van der Waals surface area contributed by atoms with Gasteiger partial charge in [0.25, 0.3) is 0 Å². The van der Waals surface area contributed by atoms with Crippen LogP contribution in [0.25, 0.3) is 0 Å². The van der Waals surface area contributed by atoms with Crippen molar-refractivity contribution in [1.82, 2.24) is 10.6 Å². The van der Waals surface area contributed by atoms with Crippen LogP contribution in [0.5, 0.6) is 0 Å². The maximum absolute atomic E-state index is 12.4. The van der Waals surface area contributed by atoms with Crippen molar-refractivity contribution in [2.45, 2.75) is 57.7 Å². The number of nitrogens with one attached hydrogen (secondary N) is 2. The third kappa shape index (κ3) is 7.71. The molecule has 0 aliphatic rings. The van der Waals surface area contributed by atoms with Gasteiger partial charge in [0.1, 0.15) is 18.1 Å². The van der Waals surface area contributed by atoms with Gasteiger partial charge in [-0.15, -0.1) is 0 Å². The molecule has 0 spiro atoms. The number of carbonyl (C=O) groups excluding carboxylic acids is 2. The summed E-state index contributed by atoms with van der Waals surface area (Å²) >= 11 is 0. The normalized spacial score (nSPS) is 15.9. The van der Waals surface area contributed by atoms with Gasteiger partial charge >= 0.3 is 5.97 Å². The Bertz CT molecular complexity index is 419. The summed E-state index contributed by atoms with van der Waals surface area (Å²) < 4.78 is 0. The summed E-state index contributed by atoms with van der Waals surface area (Å²) in [6.45, 7) is 3.45. The number of carbonyl (C=O) groups is 3. The van der Waals surface area contributed by atoms with Gasteiger partial charge in [0, 0.05) is 0 Å². The minimum Gasteiger partial charge on any atom is -0.480 e. The quantitative estimate of drug-likeness (QED) is 0.235. The van der Waals surface area contributed by atoms with Gasteiger partial charge in [0.05, 0.1) is 6.61 Å². The van der Waals surface area contributed by atoms with Crippen LogP contribution in [0.2, 0.25) is 0 Å². The molecule has 0 aliphatic carbocycles. The molecule has 0 aromatic rings. The molecule has 4 atom stereocenters. The highest BCUT2D eigenvalue weighted by molar-refractivity contribution is 5.91. The third-order valence-corrected chi connectivity index (χ3v) is 3.89. The maximum atomic E-state index is 12.4. The van der Waals surface area contributed by atoms with E-state index in [1.807, 2.05) is 6.92 Å². The van der Waals surface area contributed by atoms with Crippen LogP contribution in [0.3, 0.4) is 0 Å². The van der Waals surface area contributed by atoms with E-state index in [0.29, 0.717) is 32.2 Å². The smallest absolute Gasteiger partial charge is 0.326 e. The van der Waals surface area contributed by atoms with Crippen LogP contribution >= 0.6 is 0 Å². The van der Waals surface area contributed by atoms with Crippen LogP contribution in [0, 0.1) is 5.92 Å². The fourth-order valence-corrected chi connectivity index (χ4v) is 2.06. The van der Waals surface area contributed by atoms with E-state index in [4.69, 9.17) is 16.6 Å². The number of hydrogen-bond donors (Lipinski definition) is 6. The second-order valence-electron chi connectivity index (χ2n) is 5.84. The van der Waals surface area contributed by atoms with Crippen LogP contribution in [-0.4, -0.2) is 59.3 Å². The van der Waals surface area contributed by atoms with Crippen molar-refractivity contribution in [3.8, 4) is 0 Å². The molecule has 0 saturated carbocycles. The Morgan fingerprint density at radius 1 is 1.12 bits per heavy atom. The highest BCUT2D eigenvalue weighted by atomic mass is 16.4. The van der Waals surface area contributed by atoms with E-state index < -0.39 is 42.5 Å². The summed E-state index contributed by atoms with van der Waals surface area (Å²) in [5, 5.41) is 23.1. The highest BCUT2D eigenvalue weighted by Crippen LogP contribution is 2.09. The number of amides is 2. The second-order valence-corrected chi connectivity index (χ2v) is 5.84. The van der Waals surface area contributed by atoms with Crippen LogP contribution < -0.4 is 22.1 Å². The molecule has 0 unspecified atom stereocenters. The number of hydrogen-bond acceptors (Lipinski definition) is 6. The Morgan fingerprint density at radius 2 is 1.75 bits per heavy atom. The van der Waals surface area contributed by atoms with Crippen LogP contribution in [0.1, 0.15) is 39.5 Å².